The van der Waals surface area contributed by atoms with Crippen LogP contribution < -0.4 is 14.8 Å². The SMILES string of the molecule is COc1ccc(-c2csc3nc(NC(=O)COc4cc(C)c(Cl)c(C)c4)nn23)cc1. The van der Waals surface area contributed by atoms with Crippen molar-refractivity contribution in [1.29, 1.82) is 0 Å². The third-order valence-electron chi connectivity index (χ3n) is 4.50. The lowest BCUT2D eigenvalue weighted by Gasteiger charge is -2.09. The summed E-state index contributed by atoms with van der Waals surface area (Å²) in [4.78, 5) is 17.3. The fraction of sp³-hybridized carbons (Fsp3) is 0.190. The number of rotatable bonds is 6. The van der Waals surface area contributed by atoms with E-state index in [1.165, 1.54) is 11.3 Å². The zero-order valence-corrected chi connectivity index (χ0v) is 18.2. The molecule has 0 unspecified atom stereocenters. The highest BCUT2D eigenvalue weighted by atomic mass is 35.5. The minimum atomic E-state index is -0.343. The Hall–Kier alpha value is -3.10. The number of carbonyl (C=O) groups excluding carboxylic acids is 1. The second-order valence-electron chi connectivity index (χ2n) is 6.69. The van der Waals surface area contributed by atoms with E-state index in [1.807, 2.05) is 43.5 Å². The molecule has 0 aliphatic rings. The molecule has 0 aliphatic carbocycles. The molecule has 0 aliphatic heterocycles. The summed E-state index contributed by atoms with van der Waals surface area (Å²) < 4.78 is 12.5. The molecule has 30 heavy (non-hydrogen) atoms. The lowest BCUT2D eigenvalue weighted by Crippen LogP contribution is -2.21. The van der Waals surface area contributed by atoms with Crippen LogP contribution in [0.3, 0.4) is 0 Å². The number of nitrogens with one attached hydrogen (secondary N) is 1. The smallest absolute Gasteiger partial charge is 0.264 e. The summed E-state index contributed by atoms with van der Waals surface area (Å²) >= 11 is 7.61. The second kappa shape index (κ2) is 8.33. The highest BCUT2D eigenvalue weighted by Gasteiger charge is 2.14. The number of nitrogens with zero attached hydrogens (tertiary/aromatic N) is 3. The predicted octanol–water partition coefficient (Wildman–Crippen LogP) is 4.75. The van der Waals surface area contributed by atoms with Gasteiger partial charge in [-0.25, -0.2) is 4.52 Å². The molecule has 2 aromatic heterocycles. The van der Waals surface area contributed by atoms with Crippen LogP contribution in [-0.4, -0.2) is 34.2 Å². The Kier molecular flexibility index (Phi) is 5.61. The van der Waals surface area contributed by atoms with Crippen molar-refractivity contribution in [2.45, 2.75) is 13.8 Å². The summed E-state index contributed by atoms with van der Waals surface area (Å²) in [6.07, 6.45) is 0. The van der Waals surface area contributed by atoms with Crippen LogP contribution >= 0.6 is 22.9 Å². The molecule has 0 saturated carbocycles. The molecule has 9 heteroatoms. The fourth-order valence-corrected chi connectivity index (χ4v) is 3.93. The van der Waals surface area contributed by atoms with Gasteiger partial charge in [-0.05, 0) is 61.4 Å². The Morgan fingerprint density at radius 2 is 1.87 bits per heavy atom. The number of amides is 1. The number of methoxy groups -OCH3 is 1. The van der Waals surface area contributed by atoms with Gasteiger partial charge < -0.3 is 9.47 Å². The first-order valence-electron chi connectivity index (χ1n) is 9.12. The molecule has 0 radical (unpaired) electrons. The lowest BCUT2D eigenvalue weighted by molar-refractivity contribution is -0.118. The van der Waals surface area contributed by atoms with Gasteiger partial charge in [0.05, 0.1) is 12.8 Å². The Labute approximate surface area is 182 Å². The van der Waals surface area contributed by atoms with Gasteiger partial charge in [-0.3, -0.25) is 10.1 Å². The number of benzene rings is 2. The van der Waals surface area contributed by atoms with Crippen LogP contribution in [0.4, 0.5) is 5.95 Å². The van der Waals surface area contributed by atoms with Crippen molar-refractivity contribution in [2.75, 3.05) is 19.0 Å². The molecule has 0 bridgehead atoms. The van der Waals surface area contributed by atoms with Gasteiger partial charge in [-0.2, -0.15) is 4.98 Å². The maximum Gasteiger partial charge on any atom is 0.264 e. The van der Waals surface area contributed by atoms with E-state index in [9.17, 15) is 4.79 Å². The molecule has 7 nitrogen and oxygen atoms in total. The molecular formula is C21H19ClN4O3S. The van der Waals surface area contributed by atoms with Crippen molar-refractivity contribution >= 4 is 39.8 Å². The average molecular weight is 443 g/mol. The zero-order valence-electron chi connectivity index (χ0n) is 16.6. The number of halogens is 1. The minimum Gasteiger partial charge on any atom is -0.497 e. The maximum absolute atomic E-state index is 12.3. The van der Waals surface area contributed by atoms with Crippen molar-refractivity contribution < 1.29 is 14.3 Å². The van der Waals surface area contributed by atoms with Gasteiger partial charge in [0.1, 0.15) is 11.5 Å². The van der Waals surface area contributed by atoms with Crippen LogP contribution in [0.15, 0.2) is 41.8 Å². The number of aromatic nitrogens is 3. The van der Waals surface area contributed by atoms with Gasteiger partial charge in [0.2, 0.25) is 4.96 Å². The van der Waals surface area contributed by atoms with E-state index in [4.69, 9.17) is 21.1 Å². The molecule has 2 heterocycles. The third-order valence-corrected chi connectivity index (χ3v) is 5.91. The summed E-state index contributed by atoms with van der Waals surface area (Å²) in [5.74, 6) is 1.26. The fourth-order valence-electron chi connectivity index (χ4n) is 2.99. The topological polar surface area (TPSA) is 77.8 Å². The van der Waals surface area contributed by atoms with Crippen LogP contribution in [0, 0.1) is 13.8 Å². The molecular weight excluding hydrogens is 424 g/mol. The van der Waals surface area contributed by atoms with E-state index in [0.29, 0.717) is 15.7 Å². The first-order chi connectivity index (χ1) is 14.4. The summed E-state index contributed by atoms with van der Waals surface area (Å²) in [7, 11) is 1.63. The monoisotopic (exact) mass is 442 g/mol. The zero-order chi connectivity index (χ0) is 21.3. The van der Waals surface area contributed by atoms with Gasteiger partial charge in [0.15, 0.2) is 6.61 Å². The molecule has 0 saturated heterocycles. The second-order valence-corrected chi connectivity index (χ2v) is 7.90. The van der Waals surface area contributed by atoms with Crippen LogP contribution in [0.25, 0.3) is 16.2 Å². The molecule has 0 atom stereocenters. The summed E-state index contributed by atoms with van der Waals surface area (Å²) in [5.41, 5.74) is 3.65. The van der Waals surface area contributed by atoms with Crippen molar-refractivity contribution in [2.24, 2.45) is 0 Å². The Bertz CT molecular complexity index is 1190. The Balaban J connectivity index is 1.45. The summed E-state index contributed by atoms with van der Waals surface area (Å²) in [5, 5.41) is 9.75. The number of thiazole rings is 1. The number of aryl methyl sites for hydroxylation is 2. The first-order valence-corrected chi connectivity index (χ1v) is 10.4. The standard InChI is InChI=1S/C21H19ClN4O3S/c1-12-8-16(9-13(2)19(12)22)29-10-18(27)23-20-24-21-26(25-20)17(11-30-21)14-4-6-15(28-3)7-5-14/h4-9,11H,10H2,1-3H3,(H,23,25,27). The molecule has 0 spiro atoms. The van der Waals surface area contributed by atoms with E-state index in [0.717, 1.165) is 28.1 Å². The van der Waals surface area contributed by atoms with Gasteiger partial charge in [0, 0.05) is 16.0 Å². The van der Waals surface area contributed by atoms with Crippen molar-refractivity contribution in [1.82, 2.24) is 14.6 Å². The van der Waals surface area contributed by atoms with Gasteiger partial charge >= 0.3 is 0 Å². The van der Waals surface area contributed by atoms with Crippen molar-refractivity contribution in [3.63, 3.8) is 0 Å². The number of carbonyl (C=O) groups is 1. The van der Waals surface area contributed by atoms with E-state index in [1.54, 1.807) is 23.8 Å². The Morgan fingerprint density at radius 3 is 2.53 bits per heavy atom. The molecule has 1 amide bonds. The normalized spacial score (nSPS) is 10.9. The largest absolute Gasteiger partial charge is 0.497 e. The third kappa shape index (κ3) is 4.10. The predicted molar refractivity (Wildman–Crippen MR) is 118 cm³/mol. The molecule has 4 aromatic rings. The highest BCUT2D eigenvalue weighted by molar-refractivity contribution is 7.15. The Morgan fingerprint density at radius 1 is 1.17 bits per heavy atom. The molecule has 2 aromatic carbocycles. The van der Waals surface area contributed by atoms with E-state index < -0.39 is 0 Å². The number of anilines is 1. The number of hydrogen-bond acceptors (Lipinski definition) is 6. The summed E-state index contributed by atoms with van der Waals surface area (Å²) in [6.45, 7) is 3.63. The van der Waals surface area contributed by atoms with Crippen LogP contribution in [0.1, 0.15) is 11.1 Å². The molecule has 0 fully saturated rings. The van der Waals surface area contributed by atoms with Crippen LogP contribution in [0.2, 0.25) is 5.02 Å². The van der Waals surface area contributed by atoms with Crippen LogP contribution in [-0.2, 0) is 4.79 Å². The maximum atomic E-state index is 12.3. The number of hydrogen-bond donors (Lipinski definition) is 1. The quantitative estimate of drug-likeness (QED) is 0.466. The van der Waals surface area contributed by atoms with E-state index >= 15 is 0 Å². The van der Waals surface area contributed by atoms with Gasteiger partial charge in [-0.1, -0.05) is 11.6 Å². The van der Waals surface area contributed by atoms with E-state index in [2.05, 4.69) is 15.4 Å². The molecule has 4 rings (SSSR count). The molecule has 154 valence electrons. The number of ether oxygens (including phenoxy) is 2. The first kappa shape index (κ1) is 20.2. The van der Waals surface area contributed by atoms with Crippen molar-refractivity contribution in [3.05, 3.63) is 57.9 Å². The minimum absolute atomic E-state index is 0.154. The van der Waals surface area contributed by atoms with E-state index in [-0.39, 0.29) is 18.5 Å². The van der Waals surface area contributed by atoms with Crippen molar-refractivity contribution in [3.8, 4) is 22.8 Å². The number of fused-ring (bicyclic) bond motifs is 1. The van der Waals surface area contributed by atoms with Gasteiger partial charge in [0.25, 0.3) is 11.9 Å². The lowest BCUT2D eigenvalue weighted by atomic mass is 10.1. The summed E-state index contributed by atoms with van der Waals surface area (Å²) in [6, 6.07) is 11.3. The van der Waals surface area contributed by atoms with Crippen LogP contribution in [0.5, 0.6) is 11.5 Å². The van der Waals surface area contributed by atoms with Gasteiger partial charge in [-0.15, -0.1) is 16.4 Å². The average Bonchev–Trinajstić information content (AvgIpc) is 3.30. The highest BCUT2D eigenvalue weighted by Crippen LogP contribution is 2.28. The molecule has 1 N–H and O–H groups in total.